The number of anilines is 1. The van der Waals surface area contributed by atoms with Crippen LogP contribution in [0.3, 0.4) is 0 Å². The van der Waals surface area contributed by atoms with E-state index >= 15 is 0 Å². The van der Waals surface area contributed by atoms with Crippen molar-refractivity contribution in [3.8, 4) is 23.0 Å². The van der Waals surface area contributed by atoms with Crippen LogP contribution in [0.4, 0.5) is 5.82 Å². The van der Waals surface area contributed by atoms with E-state index in [0.29, 0.717) is 55.0 Å². The van der Waals surface area contributed by atoms with E-state index in [4.69, 9.17) is 9.40 Å². The van der Waals surface area contributed by atoms with Gasteiger partial charge < -0.3 is 14.2 Å². The van der Waals surface area contributed by atoms with Gasteiger partial charge in [0, 0.05) is 39.4 Å². The third kappa shape index (κ3) is 3.92. The van der Waals surface area contributed by atoms with Crippen LogP contribution in [0.1, 0.15) is 17.6 Å². The summed E-state index contributed by atoms with van der Waals surface area (Å²) in [5.74, 6) is 1.43. The lowest BCUT2D eigenvalue weighted by Gasteiger charge is -2.35. The van der Waals surface area contributed by atoms with Crippen LogP contribution in [0.15, 0.2) is 65.3 Å². The molecule has 3 aromatic heterocycles. The molecule has 4 aromatic rings. The molecular formula is C23H23N7O2. The van der Waals surface area contributed by atoms with Crippen molar-refractivity contribution in [2.45, 2.75) is 6.92 Å². The van der Waals surface area contributed by atoms with Crippen molar-refractivity contribution in [3.05, 3.63) is 72.3 Å². The molecule has 1 aromatic carbocycles. The molecule has 4 heterocycles. The van der Waals surface area contributed by atoms with Crippen LogP contribution in [0.25, 0.3) is 23.0 Å². The van der Waals surface area contributed by atoms with Gasteiger partial charge in [-0.05, 0) is 31.2 Å². The molecule has 1 aliphatic rings. The number of aromatic nitrogens is 5. The number of piperazine rings is 1. The van der Waals surface area contributed by atoms with Crippen molar-refractivity contribution in [2.75, 3.05) is 31.1 Å². The van der Waals surface area contributed by atoms with Crippen molar-refractivity contribution in [1.29, 1.82) is 0 Å². The first-order chi connectivity index (χ1) is 15.7. The first kappa shape index (κ1) is 19.8. The average Bonchev–Trinajstić information content (AvgIpc) is 3.35. The Hall–Kier alpha value is -4.14. The number of pyridine rings is 1. The lowest BCUT2D eigenvalue weighted by atomic mass is 10.2. The Morgan fingerprint density at radius 1 is 0.938 bits per heavy atom. The number of hydrogen-bond donors (Lipinski definition) is 0. The minimum atomic E-state index is -0.0553. The highest BCUT2D eigenvalue weighted by Gasteiger charge is 2.25. The normalized spacial score (nSPS) is 13.9. The van der Waals surface area contributed by atoms with Gasteiger partial charge in [0.25, 0.3) is 11.8 Å². The van der Waals surface area contributed by atoms with Crippen molar-refractivity contribution < 1.29 is 10.6 Å². The zero-order valence-corrected chi connectivity index (χ0v) is 17.5. The van der Waals surface area contributed by atoms with Crippen molar-refractivity contribution in [2.24, 2.45) is 0 Å². The first-order valence-electron chi connectivity index (χ1n) is 10.4. The zero-order valence-electron chi connectivity index (χ0n) is 17.5. The third-order valence-corrected chi connectivity index (χ3v) is 5.37. The molecule has 0 spiro atoms. The summed E-state index contributed by atoms with van der Waals surface area (Å²) >= 11 is 0. The monoisotopic (exact) mass is 429 g/mol. The summed E-state index contributed by atoms with van der Waals surface area (Å²) < 4.78 is 5.87. The van der Waals surface area contributed by atoms with Gasteiger partial charge >= 0.3 is 0 Å². The zero-order chi connectivity index (χ0) is 21.9. The number of hydrogen-bond acceptors (Lipinski definition) is 8. The van der Waals surface area contributed by atoms with Gasteiger partial charge in [0.05, 0.1) is 11.9 Å². The maximum Gasteiger partial charge on any atom is 0.272 e. The molecule has 1 amide bonds. The van der Waals surface area contributed by atoms with Gasteiger partial charge in [-0.2, -0.15) is 0 Å². The van der Waals surface area contributed by atoms with Gasteiger partial charge in [-0.15, -0.1) is 10.2 Å². The molecule has 9 heteroatoms. The minimum Gasteiger partial charge on any atom is -0.415 e. The van der Waals surface area contributed by atoms with E-state index in [2.05, 4.69) is 25.1 Å². The fourth-order valence-electron chi connectivity index (χ4n) is 3.60. The number of rotatable bonds is 4. The second-order valence-corrected chi connectivity index (χ2v) is 7.43. The molecule has 0 N–H and O–H groups in total. The fourth-order valence-corrected chi connectivity index (χ4v) is 3.60. The quantitative estimate of drug-likeness (QED) is 0.488. The maximum atomic E-state index is 12.6. The summed E-state index contributed by atoms with van der Waals surface area (Å²) in [6.07, 6.45) is 3.37. The lowest BCUT2D eigenvalue weighted by molar-refractivity contribution is 0.0740. The van der Waals surface area contributed by atoms with Gasteiger partial charge in [0.2, 0.25) is 5.89 Å². The largest absolute Gasteiger partial charge is 0.415 e. The summed E-state index contributed by atoms with van der Waals surface area (Å²) in [5, 5.41) is 8.34. The van der Waals surface area contributed by atoms with Crippen LogP contribution in [-0.2, 0) is 0 Å². The van der Waals surface area contributed by atoms with Crippen LogP contribution in [-0.4, -0.2) is 62.1 Å². The highest BCUT2D eigenvalue weighted by molar-refractivity contribution is 5.92. The Balaban J connectivity index is 0.00000259. The van der Waals surface area contributed by atoms with Gasteiger partial charge in [-0.3, -0.25) is 14.8 Å². The van der Waals surface area contributed by atoms with Gasteiger partial charge in [0.1, 0.15) is 11.5 Å². The topological polar surface area (TPSA) is 101 Å². The summed E-state index contributed by atoms with van der Waals surface area (Å²) in [6.45, 7) is 4.32. The molecule has 0 unspecified atom stereocenters. The molecule has 1 aliphatic heterocycles. The Labute approximate surface area is 186 Å². The predicted octanol–water partition coefficient (Wildman–Crippen LogP) is 3.11. The van der Waals surface area contributed by atoms with Crippen LogP contribution in [0, 0.1) is 6.92 Å². The molecule has 0 saturated carbocycles. The van der Waals surface area contributed by atoms with E-state index in [1.165, 1.54) is 0 Å². The highest BCUT2D eigenvalue weighted by Crippen LogP contribution is 2.26. The molecule has 0 bridgehead atoms. The van der Waals surface area contributed by atoms with Gasteiger partial charge in [-0.1, -0.05) is 24.3 Å². The van der Waals surface area contributed by atoms with E-state index in [1.54, 1.807) is 24.5 Å². The third-order valence-electron chi connectivity index (χ3n) is 5.37. The fraction of sp³-hybridized carbons (Fsp3) is 0.217. The van der Waals surface area contributed by atoms with Crippen molar-refractivity contribution >= 4 is 11.7 Å². The lowest BCUT2D eigenvalue weighted by Crippen LogP contribution is -2.49. The Morgan fingerprint density at radius 2 is 1.69 bits per heavy atom. The molecule has 162 valence electrons. The smallest absolute Gasteiger partial charge is 0.272 e. The van der Waals surface area contributed by atoms with E-state index in [1.807, 2.05) is 48.2 Å². The van der Waals surface area contributed by atoms with Crippen molar-refractivity contribution in [1.82, 2.24) is 30.0 Å². The predicted molar refractivity (Wildman–Crippen MR) is 120 cm³/mol. The Bertz CT molecular complexity index is 1230. The Morgan fingerprint density at radius 3 is 2.44 bits per heavy atom. The SMILES string of the molecule is Cc1ncc(N2CCN(C(=O)c3ccccn3)CC2)nc1-c1nnc(-c2ccccc2)o1.[HH]. The molecule has 1 saturated heterocycles. The molecule has 0 aliphatic carbocycles. The van der Waals surface area contributed by atoms with Crippen LogP contribution >= 0.6 is 0 Å². The summed E-state index contributed by atoms with van der Waals surface area (Å²) in [4.78, 5) is 30.0. The Kier molecular flexibility index (Phi) is 5.29. The summed E-state index contributed by atoms with van der Waals surface area (Å²) in [5.41, 5.74) is 2.58. The maximum absolute atomic E-state index is 12.6. The summed E-state index contributed by atoms with van der Waals surface area (Å²) in [7, 11) is 0. The summed E-state index contributed by atoms with van der Waals surface area (Å²) in [6, 6.07) is 15.0. The van der Waals surface area contributed by atoms with Gasteiger partial charge in [0.15, 0.2) is 5.69 Å². The van der Waals surface area contributed by atoms with Crippen LogP contribution < -0.4 is 4.90 Å². The molecule has 9 nitrogen and oxygen atoms in total. The van der Waals surface area contributed by atoms with E-state index in [-0.39, 0.29) is 7.33 Å². The van der Waals surface area contributed by atoms with Crippen LogP contribution in [0.2, 0.25) is 0 Å². The number of nitrogens with zero attached hydrogens (tertiary/aromatic N) is 7. The number of benzene rings is 1. The highest BCUT2D eigenvalue weighted by atomic mass is 16.4. The van der Waals surface area contributed by atoms with Crippen LogP contribution in [0.5, 0.6) is 0 Å². The van der Waals surface area contributed by atoms with Crippen molar-refractivity contribution in [3.63, 3.8) is 0 Å². The number of carbonyl (C=O) groups is 1. The second-order valence-electron chi connectivity index (χ2n) is 7.43. The minimum absolute atomic E-state index is 0. The van der Waals surface area contributed by atoms with Gasteiger partial charge in [-0.25, -0.2) is 4.98 Å². The average molecular weight is 429 g/mol. The number of carbonyl (C=O) groups excluding carboxylic acids is 1. The standard InChI is InChI=1S/C23H21N7O2.H2/c1-16-20(22-28-27-21(32-22)17-7-3-2-4-8-17)26-19(15-25-16)29-11-13-30(14-12-29)23(31)18-9-5-6-10-24-18;/h2-10,15H,11-14H2,1H3;1H. The first-order valence-corrected chi connectivity index (χ1v) is 10.4. The number of amides is 1. The van der Waals surface area contributed by atoms with E-state index in [9.17, 15) is 4.79 Å². The molecule has 5 rings (SSSR count). The number of aryl methyl sites for hydroxylation is 1. The van der Waals surface area contributed by atoms with E-state index < -0.39 is 0 Å². The molecule has 1 fully saturated rings. The second kappa shape index (κ2) is 8.54. The molecule has 32 heavy (non-hydrogen) atoms. The van der Waals surface area contributed by atoms with E-state index in [0.717, 1.165) is 11.4 Å². The molecule has 0 atom stereocenters. The molecular weight excluding hydrogens is 406 g/mol. The molecule has 0 radical (unpaired) electrons.